The summed E-state index contributed by atoms with van der Waals surface area (Å²) in [5, 5.41) is 0.723. The number of ether oxygens (including phenoxy) is 1. The van der Waals surface area contributed by atoms with Gasteiger partial charge in [-0.3, -0.25) is 9.80 Å². The zero-order valence-electron chi connectivity index (χ0n) is 14.1. The second-order valence-electron chi connectivity index (χ2n) is 6.73. The van der Waals surface area contributed by atoms with Crippen LogP contribution in [0, 0.1) is 6.92 Å². The van der Waals surface area contributed by atoms with E-state index in [1.54, 1.807) is 6.33 Å². The van der Waals surface area contributed by atoms with Crippen molar-refractivity contribution in [3.63, 3.8) is 0 Å². The van der Waals surface area contributed by atoms with E-state index < -0.39 is 0 Å². The number of carbonyl (C=O) groups is 1. The highest BCUT2D eigenvalue weighted by molar-refractivity contribution is 6.30. The average Bonchev–Trinajstić information content (AvgIpc) is 3.22. The lowest BCUT2D eigenvalue weighted by Crippen LogP contribution is -2.39. The van der Waals surface area contributed by atoms with Crippen molar-refractivity contribution < 1.29 is 9.53 Å². The van der Waals surface area contributed by atoms with Crippen molar-refractivity contribution in [2.75, 3.05) is 19.6 Å². The van der Waals surface area contributed by atoms with E-state index in [0.717, 1.165) is 48.0 Å². The maximum absolute atomic E-state index is 12.2. The van der Waals surface area contributed by atoms with Crippen LogP contribution in [0.15, 0.2) is 30.6 Å². The second kappa shape index (κ2) is 6.69. The lowest BCUT2D eigenvalue weighted by molar-refractivity contribution is 0.120. The molecular weight excluding hydrogens is 340 g/mol. The van der Waals surface area contributed by atoms with E-state index in [0.29, 0.717) is 6.54 Å². The zero-order valence-corrected chi connectivity index (χ0v) is 14.9. The smallest absolute Gasteiger partial charge is 0.410 e. The summed E-state index contributed by atoms with van der Waals surface area (Å²) < 4.78 is 5.58. The van der Waals surface area contributed by atoms with E-state index in [9.17, 15) is 4.79 Å². The number of likely N-dealkylation sites (tertiary alicyclic amines) is 1. The second-order valence-corrected chi connectivity index (χ2v) is 7.17. The summed E-state index contributed by atoms with van der Waals surface area (Å²) in [6, 6.07) is 7.89. The molecule has 0 unspecified atom stereocenters. The summed E-state index contributed by atoms with van der Waals surface area (Å²) in [4.78, 5) is 23.8. The number of halogens is 1. The van der Waals surface area contributed by atoms with Gasteiger partial charge in [0.05, 0.1) is 18.1 Å². The molecule has 2 atom stereocenters. The maximum Gasteiger partial charge on any atom is 0.410 e. The molecule has 1 aromatic carbocycles. The molecule has 0 spiro atoms. The monoisotopic (exact) mass is 360 g/mol. The minimum absolute atomic E-state index is 0.0499. The van der Waals surface area contributed by atoms with Crippen LogP contribution in [0.4, 0.5) is 4.79 Å². The van der Waals surface area contributed by atoms with E-state index in [4.69, 9.17) is 16.3 Å². The number of aryl methyl sites for hydroxylation is 1. The molecule has 0 aliphatic carbocycles. The Hall–Kier alpha value is -2.05. The number of aromatic nitrogens is 2. The van der Waals surface area contributed by atoms with Gasteiger partial charge in [-0.2, -0.15) is 0 Å². The standard InChI is InChI=1S/C18H21ClN4O2/c1-12-15(21-11-20-12)8-22-9-16-17(10-22)25-18(24)23(16)6-5-13-3-2-4-14(19)7-13/h2-4,7,11,16-17H,5-6,8-10H2,1H3,(H,20,21)/t16-,17+/m1/s1. The number of rotatable bonds is 5. The summed E-state index contributed by atoms with van der Waals surface area (Å²) >= 11 is 6.04. The normalized spacial score (nSPS) is 23.1. The Balaban J connectivity index is 1.38. The largest absolute Gasteiger partial charge is 0.442 e. The number of hydrogen-bond donors (Lipinski definition) is 1. The molecule has 6 nitrogen and oxygen atoms in total. The van der Waals surface area contributed by atoms with Crippen molar-refractivity contribution in [3.8, 4) is 0 Å². The van der Waals surface area contributed by atoms with Crippen LogP contribution in [0.1, 0.15) is 17.0 Å². The molecule has 2 aromatic rings. The highest BCUT2D eigenvalue weighted by atomic mass is 35.5. The molecule has 7 heteroatoms. The fraction of sp³-hybridized carbons (Fsp3) is 0.444. The van der Waals surface area contributed by atoms with Gasteiger partial charge in [-0.05, 0) is 31.0 Å². The Morgan fingerprint density at radius 3 is 3.04 bits per heavy atom. The number of nitrogens with one attached hydrogen (secondary N) is 1. The average molecular weight is 361 g/mol. The minimum Gasteiger partial charge on any atom is -0.442 e. The van der Waals surface area contributed by atoms with Gasteiger partial charge in [-0.1, -0.05) is 23.7 Å². The van der Waals surface area contributed by atoms with Crippen LogP contribution in [0.5, 0.6) is 0 Å². The molecule has 4 rings (SSSR count). The summed E-state index contributed by atoms with van der Waals surface area (Å²) in [5.41, 5.74) is 3.27. The molecule has 2 aliphatic rings. The van der Waals surface area contributed by atoms with Crippen molar-refractivity contribution in [1.29, 1.82) is 0 Å². The number of fused-ring (bicyclic) bond motifs is 1. The quantitative estimate of drug-likeness (QED) is 0.890. The fourth-order valence-electron chi connectivity index (χ4n) is 3.67. The first-order valence-corrected chi connectivity index (χ1v) is 8.91. The van der Waals surface area contributed by atoms with Gasteiger partial charge >= 0.3 is 6.09 Å². The Morgan fingerprint density at radius 2 is 2.28 bits per heavy atom. The highest BCUT2D eigenvalue weighted by Crippen LogP contribution is 2.28. The van der Waals surface area contributed by atoms with Crippen molar-refractivity contribution in [2.24, 2.45) is 0 Å². The zero-order chi connectivity index (χ0) is 17.4. The van der Waals surface area contributed by atoms with Crippen LogP contribution >= 0.6 is 11.6 Å². The topological polar surface area (TPSA) is 61.5 Å². The van der Waals surface area contributed by atoms with Crippen LogP contribution in [-0.2, 0) is 17.7 Å². The summed E-state index contributed by atoms with van der Waals surface area (Å²) in [6.45, 7) is 5.03. The van der Waals surface area contributed by atoms with E-state index in [-0.39, 0.29) is 18.2 Å². The highest BCUT2D eigenvalue weighted by Gasteiger charge is 2.47. The van der Waals surface area contributed by atoms with E-state index in [1.165, 1.54) is 0 Å². The van der Waals surface area contributed by atoms with Crippen molar-refractivity contribution >= 4 is 17.7 Å². The van der Waals surface area contributed by atoms with Gasteiger partial charge in [0.25, 0.3) is 0 Å². The van der Waals surface area contributed by atoms with E-state index >= 15 is 0 Å². The third kappa shape index (κ3) is 3.37. The number of amides is 1. The molecule has 2 aliphatic heterocycles. The van der Waals surface area contributed by atoms with Crippen LogP contribution in [0.3, 0.4) is 0 Å². The third-order valence-electron chi connectivity index (χ3n) is 5.04. The first kappa shape index (κ1) is 16.4. The Morgan fingerprint density at radius 1 is 1.40 bits per heavy atom. The van der Waals surface area contributed by atoms with Gasteiger partial charge in [0.15, 0.2) is 0 Å². The molecule has 1 aromatic heterocycles. The molecule has 1 amide bonds. The number of imidazole rings is 1. The number of aromatic amines is 1. The van der Waals surface area contributed by atoms with Crippen molar-refractivity contribution in [1.82, 2.24) is 19.8 Å². The third-order valence-corrected chi connectivity index (χ3v) is 5.27. The molecule has 0 radical (unpaired) electrons. The molecule has 3 heterocycles. The van der Waals surface area contributed by atoms with Crippen LogP contribution in [0.2, 0.25) is 5.02 Å². The maximum atomic E-state index is 12.2. The SMILES string of the molecule is Cc1[nH]cnc1CN1C[C@@H]2OC(=O)N(CCc3cccc(Cl)c3)[C@@H]2C1. The van der Waals surface area contributed by atoms with Gasteiger partial charge < -0.3 is 9.72 Å². The van der Waals surface area contributed by atoms with Gasteiger partial charge in [0.1, 0.15) is 6.10 Å². The summed E-state index contributed by atoms with van der Waals surface area (Å²) in [5.74, 6) is 0. The van der Waals surface area contributed by atoms with Gasteiger partial charge in [0, 0.05) is 36.9 Å². The van der Waals surface area contributed by atoms with Gasteiger partial charge in [0.2, 0.25) is 0 Å². The van der Waals surface area contributed by atoms with Gasteiger partial charge in [-0.25, -0.2) is 9.78 Å². The van der Waals surface area contributed by atoms with Gasteiger partial charge in [-0.15, -0.1) is 0 Å². The summed E-state index contributed by atoms with van der Waals surface area (Å²) in [6.07, 6.45) is 2.25. The number of carbonyl (C=O) groups excluding carboxylic acids is 1. The number of nitrogens with zero attached hydrogens (tertiary/aromatic N) is 3. The Kier molecular flexibility index (Phi) is 4.39. The lowest BCUT2D eigenvalue weighted by Gasteiger charge is -2.22. The Labute approximate surface area is 151 Å². The summed E-state index contributed by atoms with van der Waals surface area (Å²) in [7, 11) is 0. The molecular formula is C18H21ClN4O2. The van der Waals surface area contributed by atoms with Crippen LogP contribution in [-0.4, -0.2) is 57.6 Å². The van der Waals surface area contributed by atoms with E-state index in [2.05, 4.69) is 14.9 Å². The molecule has 0 bridgehead atoms. The van der Waals surface area contributed by atoms with Crippen molar-refractivity contribution in [3.05, 3.63) is 52.6 Å². The molecule has 1 N–H and O–H groups in total. The first-order valence-electron chi connectivity index (χ1n) is 8.53. The predicted molar refractivity (Wildman–Crippen MR) is 94.5 cm³/mol. The molecule has 25 heavy (non-hydrogen) atoms. The predicted octanol–water partition coefficient (Wildman–Crippen LogP) is 2.62. The first-order chi connectivity index (χ1) is 12.1. The number of benzene rings is 1. The number of H-pyrrole nitrogens is 1. The Bertz CT molecular complexity index is 778. The minimum atomic E-state index is -0.201. The lowest BCUT2D eigenvalue weighted by atomic mass is 10.1. The van der Waals surface area contributed by atoms with E-state index in [1.807, 2.05) is 36.1 Å². The molecule has 0 saturated carbocycles. The fourth-order valence-corrected chi connectivity index (χ4v) is 3.88. The van der Waals surface area contributed by atoms with Crippen molar-refractivity contribution in [2.45, 2.75) is 32.0 Å². The van der Waals surface area contributed by atoms with Crippen LogP contribution < -0.4 is 0 Å². The molecule has 132 valence electrons. The molecule has 2 saturated heterocycles. The number of hydrogen-bond acceptors (Lipinski definition) is 4. The van der Waals surface area contributed by atoms with Crippen LogP contribution in [0.25, 0.3) is 0 Å². The molecule has 2 fully saturated rings.